The largest absolute Gasteiger partial charge is 0.479 e. The number of carboxylic acids is 1. The molecule has 0 radical (unpaired) electrons. The van der Waals surface area contributed by atoms with Crippen LogP contribution in [-0.2, 0) is 29.4 Å². The number of aromatic nitrogens is 3. The Morgan fingerprint density at radius 3 is 2.57 bits per heavy atom. The maximum Gasteiger partial charge on any atom is 0.335 e. The van der Waals surface area contributed by atoms with Gasteiger partial charge in [0, 0.05) is 18.0 Å². The standard InChI is InChI=1S/C24H34N4O7/c1-3-10-28-11-6-9-14(28)16-15-12-7-4-5-8-13(12)22(25-21(15)27(2)26-16)35-24-19(31)17(29)18(30)20(34-24)23(32)33/h14,17-20,24,29-31H,3-11H2,1-2H3,(H,32,33)/t14-,17-,18+,19+,20-,24-/m0/s1. The lowest BCUT2D eigenvalue weighted by atomic mass is 9.89. The van der Waals surface area contributed by atoms with Crippen LogP contribution in [-0.4, -0.2) is 89.9 Å². The van der Waals surface area contributed by atoms with Crippen molar-refractivity contribution in [2.75, 3.05) is 13.1 Å². The van der Waals surface area contributed by atoms with E-state index in [0.717, 1.165) is 80.2 Å². The Bertz CT molecular complexity index is 1110. The topological polar surface area (TPSA) is 150 Å². The Morgan fingerprint density at radius 1 is 1.11 bits per heavy atom. The zero-order chi connectivity index (χ0) is 24.9. The predicted octanol–water partition coefficient (Wildman–Crippen LogP) is 0.665. The molecule has 0 saturated carbocycles. The Morgan fingerprint density at radius 2 is 1.86 bits per heavy atom. The summed E-state index contributed by atoms with van der Waals surface area (Å²) >= 11 is 0. The number of aryl methyl sites for hydroxylation is 2. The highest BCUT2D eigenvalue weighted by molar-refractivity contribution is 5.85. The van der Waals surface area contributed by atoms with Crippen LogP contribution in [0, 0.1) is 0 Å². The van der Waals surface area contributed by atoms with Crippen molar-refractivity contribution in [3.05, 3.63) is 16.8 Å². The second-order valence-corrected chi connectivity index (χ2v) is 9.84. The molecule has 4 heterocycles. The molecule has 0 spiro atoms. The van der Waals surface area contributed by atoms with Crippen LogP contribution in [0.25, 0.3) is 11.0 Å². The summed E-state index contributed by atoms with van der Waals surface area (Å²) < 4.78 is 13.1. The number of pyridine rings is 1. The number of aliphatic hydroxyl groups is 3. The number of ether oxygens (including phenoxy) is 2. The molecule has 4 N–H and O–H groups in total. The molecule has 0 aromatic carbocycles. The molecule has 2 fully saturated rings. The Kier molecular flexibility index (Phi) is 6.71. The van der Waals surface area contributed by atoms with Gasteiger partial charge in [-0.15, -0.1) is 0 Å². The van der Waals surface area contributed by atoms with Crippen LogP contribution in [0.4, 0.5) is 0 Å². The number of likely N-dealkylation sites (tertiary alicyclic amines) is 1. The molecule has 192 valence electrons. The van der Waals surface area contributed by atoms with Crippen molar-refractivity contribution < 1.29 is 34.7 Å². The predicted molar refractivity (Wildman–Crippen MR) is 124 cm³/mol. The third-order valence-corrected chi connectivity index (χ3v) is 7.51. The van der Waals surface area contributed by atoms with Gasteiger partial charge in [-0.25, -0.2) is 9.48 Å². The van der Waals surface area contributed by atoms with Gasteiger partial charge >= 0.3 is 5.97 Å². The monoisotopic (exact) mass is 490 g/mol. The third kappa shape index (κ3) is 4.19. The molecule has 0 amide bonds. The van der Waals surface area contributed by atoms with Gasteiger partial charge in [0.05, 0.1) is 11.7 Å². The maximum atomic E-state index is 11.5. The molecular formula is C24H34N4O7. The summed E-state index contributed by atoms with van der Waals surface area (Å²) in [7, 11) is 1.85. The zero-order valence-electron chi connectivity index (χ0n) is 20.1. The number of nitrogens with zero attached hydrogens (tertiary/aromatic N) is 4. The molecule has 2 aromatic heterocycles. The van der Waals surface area contributed by atoms with E-state index in [1.54, 1.807) is 4.68 Å². The zero-order valence-corrected chi connectivity index (χ0v) is 20.1. The van der Waals surface area contributed by atoms with Gasteiger partial charge in [-0.2, -0.15) is 10.1 Å². The van der Waals surface area contributed by atoms with Crippen molar-refractivity contribution in [1.29, 1.82) is 0 Å². The van der Waals surface area contributed by atoms with Crippen LogP contribution < -0.4 is 4.74 Å². The van der Waals surface area contributed by atoms with Gasteiger partial charge in [0.25, 0.3) is 0 Å². The van der Waals surface area contributed by atoms with Gasteiger partial charge in [-0.05, 0) is 63.6 Å². The number of fused-ring (bicyclic) bond motifs is 3. The highest BCUT2D eigenvalue weighted by Gasteiger charge is 2.48. The summed E-state index contributed by atoms with van der Waals surface area (Å²) in [4.78, 5) is 18.8. The Hall–Kier alpha value is -2.31. The van der Waals surface area contributed by atoms with Crippen molar-refractivity contribution in [2.24, 2.45) is 7.05 Å². The highest BCUT2D eigenvalue weighted by Crippen LogP contribution is 2.41. The Balaban J connectivity index is 1.56. The lowest BCUT2D eigenvalue weighted by molar-refractivity contribution is -0.271. The van der Waals surface area contributed by atoms with E-state index in [1.165, 1.54) is 0 Å². The number of aliphatic carboxylic acids is 1. The molecule has 0 bridgehead atoms. The van der Waals surface area contributed by atoms with Crippen molar-refractivity contribution in [2.45, 2.75) is 88.6 Å². The van der Waals surface area contributed by atoms with Crippen LogP contribution in [0.15, 0.2) is 0 Å². The first-order chi connectivity index (χ1) is 16.8. The molecule has 2 aromatic rings. The summed E-state index contributed by atoms with van der Waals surface area (Å²) in [6.45, 7) is 4.27. The van der Waals surface area contributed by atoms with E-state index < -0.39 is 36.7 Å². The minimum atomic E-state index is -1.77. The van der Waals surface area contributed by atoms with Gasteiger partial charge in [-0.3, -0.25) is 4.90 Å². The molecule has 6 atom stereocenters. The van der Waals surface area contributed by atoms with Crippen LogP contribution in [0.3, 0.4) is 0 Å². The van der Waals surface area contributed by atoms with E-state index in [4.69, 9.17) is 19.6 Å². The van der Waals surface area contributed by atoms with Crippen molar-refractivity contribution in [3.63, 3.8) is 0 Å². The minimum Gasteiger partial charge on any atom is -0.479 e. The molecule has 0 unspecified atom stereocenters. The molecule has 35 heavy (non-hydrogen) atoms. The van der Waals surface area contributed by atoms with Gasteiger partial charge in [0.15, 0.2) is 11.8 Å². The van der Waals surface area contributed by atoms with E-state index in [2.05, 4.69) is 11.8 Å². The lowest BCUT2D eigenvalue weighted by Crippen LogP contribution is -2.61. The van der Waals surface area contributed by atoms with Gasteiger partial charge in [-0.1, -0.05) is 6.92 Å². The first kappa shape index (κ1) is 24.4. The third-order valence-electron chi connectivity index (χ3n) is 7.51. The van der Waals surface area contributed by atoms with Crippen LogP contribution >= 0.6 is 0 Å². The SMILES string of the molecule is CCCN1CCC[C@H]1c1nn(C)c2nc(O[C@@H]3O[C@H](C(=O)O)[C@H](O)[C@H](O)[C@H]3O)c3c(c12)CCCC3. The second kappa shape index (κ2) is 9.62. The molecular weight excluding hydrogens is 456 g/mol. The lowest BCUT2D eigenvalue weighted by Gasteiger charge is -2.38. The number of carboxylic acid groups (broad SMARTS) is 1. The normalized spacial score (nSPS) is 31.6. The van der Waals surface area contributed by atoms with Gasteiger partial charge in [0.2, 0.25) is 12.2 Å². The quantitative estimate of drug-likeness (QED) is 0.455. The maximum absolute atomic E-state index is 11.5. The van der Waals surface area contributed by atoms with E-state index >= 15 is 0 Å². The summed E-state index contributed by atoms with van der Waals surface area (Å²) in [5.74, 6) is -1.21. The average Bonchev–Trinajstić information content (AvgIpc) is 3.43. The summed E-state index contributed by atoms with van der Waals surface area (Å²) in [6, 6.07) is 0.245. The summed E-state index contributed by atoms with van der Waals surface area (Å²) in [5.41, 5.74) is 3.74. The van der Waals surface area contributed by atoms with Crippen LogP contribution in [0.2, 0.25) is 0 Å². The first-order valence-corrected chi connectivity index (χ1v) is 12.5. The van der Waals surface area contributed by atoms with Crippen molar-refractivity contribution in [3.8, 4) is 5.88 Å². The van der Waals surface area contributed by atoms with Gasteiger partial charge in [0.1, 0.15) is 18.3 Å². The molecule has 1 aliphatic carbocycles. The van der Waals surface area contributed by atoms with Crippen molar-refractivity contribution in [1.82, 2.24) is 19.7 Å². The fourth-order valence-electron chi connectivity index (χ4n) is 5.81. The molecule has 11 heteroatoms. The smallest absolute Gasteiger partial charge is 0.335 e. The number of hydrogen-bond acceptors (Lipinski definition) is 9. The Labute approximate surface area is 203 Å². The highest BCUT2D eigenvalue weighted by atomic mass is 16.7. The summed E-state index contributed by atoms with van der Waals surface area (Å²) in [5, 5.41) is 46.0. The first-order valence-electron chi connectivity index (χ1n) is 12.5. The van der Waals surface area contributed by atoms with E-state index in [0.29, 0.717) is 5.65 Å². The van der Waals surface area contributed by atoms with Crippen LogP contribution in [0.5, 0.6) is 5.88 Å². The van der Waals surface area contributed by atoms with E-state index in [-0.39, 0.29) is 11.9 Å². The number of rotatable bonds is 6. The fraction of sp³-hybridized carbons (Fsp3) is 0.708. The van der Waals surface area contributed by atoms with E-state index in [1.807, 2.05) is 7.05 Å². The second-order valence-electron chi connectivity index (χ2n) is 9.84. The summed E-state index contributed by atoms with van der Waals surface area (Å²) in [6.07, 6.45) is -1.55. The molecule has 11 nitrogen and oxygen atoms in total. The number of hydrogen-bond donors (Lipinski definition) is 4. The van der Waals surface area contributed by atoms with Gasteiger partial charge < -0.3 is 29.9 Å². The molecule has 2 aliphatic heterocycles. The van der Waals surface area contributed by atoms with E-state index in [9.17, 15) is 25.2 Å². The molecule has 5 rings (SSSR count). The number of carbonyl (C=O) groups is 1. The molecule has 3 aliphatic rings. The minimum absolute atomic E-state index is 0.245. The van der Waals surface area contributed by atoms with Crippen LogP contribution in [0.1, 0.15) is 61.9 Å². The van der Waals surface area contributed by atoms with Crippen molar-refractivity contribution >= 4 is 17.0 Å². The number of aliphatic hydroxyl groups excluding tert-OH is 3. The fourth-order valence-corrected chi connectivity index (χ4v) is 5.81. The molecule has 2 saturated heterocycles. The average molecular weight is 491 g/mol.